The second-order valence-electron chi connectivity index (χ2n) is 6.78. The molecule has 0 N–H and O–H groups in total. The van der Waals surface area contributed by atoms with Crippen LogP contribution in [-0.4, -0.2) is 45.6 Å². The van der Waals surface area contributed by atoms with Crippen molar-refractivity contribution in [3.63, 3.8) is 0 Å². The van der Waals surface area contributed by atoms with E-state index in [4.69, 9.17) is 9.47 Å². The average Bonchev–Trinajstić information content (AvgIpc) is 3.48. The van der Waals surface area contributed by atoms with Crippen LogP contribution < -0.4 is 4.74 Å². The first-order valence-corrected chi connectivity index (χ1v) is 11.5. The number of para-hydroxylation sites is 1. The molecule has 0 aliphatic carbocycles. The lowest BCUT2D eigenvalue weighted by atomic mass is 10.1. The molecule has 0 bridgehead atoms. The number of thiophene rings is 1. The first kappa shape index (κ1) is 20.1. The molecule has 0 radical (unpaired) electrons. The van der Waals surface area contributed by atoms with Crippen molar-refractivity contribution in [1.29, 1.82) is 0 Å². The van der Waals surface area contributed by atoms with E-state index < -0.39 is 0 Å². The molecule has 2 aromatic heterocycles. The summed E-state index contributed by atoms with van der Waals surface area (Å²) in [6, 6.07) is 11.4. The summed E-state index contributed by atoms with van der Waals surface area (Å²) in [5.74, 6) is 2.23. The summed E-state index contributed by atoms with van der Waals surface area (Å²) in [6.07, 6.45) is 2.38. The number of Topliss-reactive ketones (excluding diaryl/α,β-unsaturated/α-hetero) is 1. The van der Waals surface area contributed by atoms with Gasteiger partial charge in [0.1, 0.15) is 5.75 Å². The van der Waals surface area contributed by atoms with Gasteiger partial charge in [-0.2, -0.15) is 0 Å². The van der Waals surface area contributed by atoms with E-state index in [-0.39, 0.29) is 11.9 Å². The molecule has 1 fully saturated rings. The fraction of sp³-hybridized carbons (Fsp3) is 0.381. The number of thioether (sulfide) groups is 1. The third kappa shape index (κ3) is 4.88. The van der Waals surface area contributed by atoms with Crippen LogP contribution in [0.4, 0.5) is 0 Å². The zero-order chi connectivity index (χ0) is 20.1. The lowest BCUT2D eigenvalue weighted by Gasteiger charge is -2.14. The summed E-state index contributed by atoms with van der Waals surface area (Å²) in [7, 11) is 0. The van der Waals surface area contributed by atoms with Gasteiger partial charge in [-0.3, -0.25) is 9.36 Å². The molecule has 1 saturated heterocycles. The van der Waals surface area contributed by atoms with Gasteiger partial charge in [0, 0.05) is 12.4 Å². The van der Waals surface area contributed by atoms with Crippen LogP contribution in [0.1, 0.15) is 30.1 Å². The van der Waals surface area contributed by atoms with Crippen LogP contribution in [0.15, 0.2) is 46.9 Å². The van der Waals surface area contributed by atoms with E-state index in [0.29, 0.717) is 23.7 Å². The Balaban J connectivity index is 1.42. The van der Waals surface area contributed by atoms with Crippen LogP contribution in [0.25, 0.3) is 10.7 Å². The maximum Gasteiger partial charge on any atom is 0.191 e. The summed E-state index contributed by atoms with van der Waals surface area (Å²) >= 11 is 3.27. The smallest absolute Gasteiger partial charge is 0.191 e. The second-order valence-corrected chi connectivity index (χ2v) is 8.79. The summed E-state index contributed by atoms with van der Waals surface area (Å²) in [4.78, 5) is 12.8. The number of benzene rings is 1. The first-order chi connectivity index (χ1) is 14.2. The highest BCUT2D eigenvalue weighted by Crippen LogP contribution is 2.29. The van der Waals surface area contributed by atoms with Crippen molar-refractivity contribution in [3.05, 3.63) is 47.3 Å². The van der Waals surface area contributed by atoms with E-state index in [1.165, 1.54) is 0 Å². The minimum Gasteiger partial charge on any atom is -0.492 e. The number of nitrogens with zero attached hydrogens (tertiary/aromatic N) is 3. The number of ketones is 1. The fourth-order valence-corrected chi connectivity index (χ4v) is 4.79. The highest BCUT2D eigenvalue weighted by atomic mass is 32.2. The predicted molar refractivity (Wildman–Crippen MR) is 115 cm³/mol. The van der Waals surface area contributed by atoms with Gasteiger partial charge in [0.15, 0.2) is 16.8 Å². The predicted octanol–water partition coefficient (Wildman–Crippen LogP) is 4.56. The van der Waals surface area contributed by atoms with E-state index in [9.17, 15) is 4.79 Å². The maximum absolute atomic E-state index is 11.7. The Hall–Kier alpha value is -2.16. The Labute approximate surface area is 178 Å². The van der Waals surface area contributed by atoms with Gasteiger partial charge < -0.3 is 9.47 Å². The number of carbonyl (C=O) groups is 1. The van der Waals surface area contributed by atoms with Gasteiger partial charge in [-0.1, -0.05) is 30.0 Å². The Morgan fingerprint density at radius 1 is 1.31 bits per heavy atom. The molecular formula is C21H23N3O3S2. The molecule has 1 aliphatic rings. The van der Waals surface area contributed by atoms with Gasteiger partial charge in [0.05, 0.1) is 29.7 Å². The Morgan fingerprint density at radius 2 is 2.21 bits per heavy atom. The molecule has 1 atom stereocenters. The third-order valence-electron chi connectivity index (χ3n) is 4.71. The molecule has 0 amide bonds. The van der Waals surface area contributed by atoms with E-state index in [1.807, 2.05) is 29.6 Å². The first-order valence-electron chi connectivity index (χ1n) is 9.66. The third-order valence-corrected chi connectivity index (χ3v) is 6.50. The number of hydrogen-bond acceptors (Lipinski definition) is 7. The molecule has 1 aliphatic heterocycles. The van der Waals surface area contributed by atoms with Gasteiger partial charge >= 0.3 is 0 Å². The monoisotopic (exact) mass is 429 g/mol. The Morgan fingerprint density at radius 3 is 2.97 bits per heavy atom. The second kappa shape index (κ2) is 9.56. The zero-order valence-electron chi connectivity index (χ0n) is 16.2. The number of rotatable bonds is 9. The van der Waals surface area contributed by atoms with Gasteiger partial charge in [0.25, 0.3) is 0 Å². The minimum atomic E-state index is 0.00477. The molecule has 1 aromatic carbocycles. The van der Waals surface area contributed by atoms with E-state index in [0.717, 1.165) is 41.9 Å². The molecule has 0 saturated carbocycles. The number of aromatic nitrogens is 3. The molecule has 3 heterocycles. The van der Waals surface area contributed by atoms with Crippen LogP contribution in [0, 0.1) is 0 Å². The van der Waals surface area contributed by atoms with E-state index in [1.54, 1.807) is 36.1 Å². The molecular weight excluding hydrogens is 406 g/mol. The SMILES string of the molecule is CC(=O)c1ccccc1OCCSc1nnc(-c2cccs2)n1C[C@H]1CCCO1. The molecule has 0 spiro atoms. The van der Waals surface area contributed by atoms with E-state index in [2.05, 4.69) is 20.8 Å². The quantitative estimate of drug-likeness (QED) is 0.282. The zero-order valence-corrected chi connectivity index (χ0v) is 17.9. The topological polar surface area (TPSA) is 66.2 Å². The molecule has 6 nitrogen and oxygen atoms in total. The Bertz CT molecular complexity index is 950. The number of hydrogen-bond donors (Lipinski definition) is 0. The summed E-state index contributed by atoms with van der Waals surface area (Å²) in [5.41, 5.74) is 0.610. The highest BCUT2D eigenvalue weighted by Gasteiger charge is 2.22. The van der Waals surface area contributed by atoms with Gasteiger partial charge in [-0.05, 0) is 43.3 Å². The van der Waals surface area contributed by atoms with Crippen molar-refractivity contribution in [2.24, 2.45) is 0 Å². The maximum atomic E-state index is 11.7. The summed E-state index contributed by atoms with van der Waals surface area (Å²) in [5, 5.41) is 11.8. The molecule has 3 aromatic rings. The fourth-order valence-electron chi connectivity index (χ4n) is 3.31. The minimum absolute atomic E-state index is 0.00477. The van der Waals surface area contributed by atoms with Crippen LogP contribution in [0.5, 0.6) is 5.75 Å². The molecule has 4 rings (SSSR count). The van der Waals surface area contributed by atoms with Gasteiger partial charge in [-0.15, -0.1) is 21.5 Å². The molecule has 152 valence electrons. The van der Waals surface area contributed by atoms with Crippen molar-refractivity contribution in [2.75, 3.05) is 19.0 Å². The van der Waals surface area contributed by atoms with Crippen molar-refractivity contribution >= 4 is 28.9 Å². The number of ether oxygens (including phenoxy) is 2. The van der Waals surface area contributed by atoms with Crippen molar-refractivity contribution < 1.29 is 14.3 Å². The lowest BCUT2D eigenvalue weighted by molar-refractivity contribution is 0.0953. The molecule has 8 heteroatoms. The lowest BCUT2D eigenvalue weighted by Crippen LogP contribution is -2.16. The highest BCUT2D eigenvalue weighted by molar-refractivity contribution is 7.99. The van der Waals surface area contributed by atoms with E-state index >= 15 is 0 Å². The molecule has 29 heavy (non-hydrogen) atoms. The van der Waals surface area contributed by atoms with Gasteiger partial charge in [-0.25, -0.2) is 0 Å². The van der Waals surface area contributed by atoms with Crippen molar-refractivity contribution in [3.8, 4) is 16.5 Å². The van der Waals surface area contributed by atoms with Gasteiger partial charge in [0.2, 0.25) is 0 Å². The van der Waals surface area contributed by atoms with Crippen LogP contribution >= 0.6 is 23.1 Å². The average molecular weight is 430 g/mol. The number of carbonyl (C=O) groups excluding carboxylic acids is 1. The van der Waals surface area contributed by atoms with Crippen LogP contribution in [0.3, 0.4) is 0 Å². The standard InChI is InChI=1S/C21H23N3O3S2/c1-15(25)17-7-2-3-8-18(17)27-11-13-29-21-23-22-20(19-9-5-12-28-19)24(21)14-16-6-4-10-26-16/h2-3,5,7-9,12,16H,4,6,10-11,13-14H2,1H3/t16-/m1/s1. The Kier molecular flexibility index (Phi) is 6.63. The summed E-state index contributed by atoms with van der Waals surface area (Å²) < 4.78 is 13.8. The largest absolute Gasteiger partial charge is 0.492 e. The normalized spacial score (nSPS) is 16.2. The van der Waals surface area contributed by atoms with Crippen molar-refractivity contribution in [1.82, 2.24) is 14.8 Å². The van der Waals surface area contributed by atoms with Crippen LogP contribution in [0.2, 0.25) is 0 Å². The summed E-state index contributed by atoms with van der Waals surface area (Å²) in [6.45, 7) is 3.62. The van der Waals surface area contributed by atoms with Crippen molar-refractivity contribution in [2.45, 2.75) is 37.6 Å². The van der Waals surface area contributed by atoms with Crippen LogP contribution in [-0.2, 0) is 11.3 Å². The molecule has 0 unspecified atom stereocenters.